The van der Waals surface area contributed by atoms with Crippen LogP contribution in [0, 0.1) is 25.2 Å². The molecular formula is C22H20N4O. The van der Waals surface area contributed by atoms with E-state index in [1.807, 2.05) is 73.1 Å². The number of nitriles is 1. The van der Waals surface area contributed by atoms with Gasteiger partial charge in [0.05, 0.1) is 23.7 Å². The van der Waals surface area contributed by atoms with Crippen molar-refractivity contribution in [2.24, 2.45) is 5.73 Å². The molecule has 0 bridgehead atoms. The molecule has 0 fully saturated rings. The number of allylic oxidation sites excluding steroid dienone is 1. The van der Waals surface area contributed by atoms with E-state index in [9.17, 15) is 5.26 Å². The summed E-state index contributed by atoms with van der Waals surface area (Å²) in [6.45, 7) is 4.56. The fraction of sp³-hybridized carbons (Fsp3) is 0.182. The molecule has 2 aromatic carbocycles. The zero-order valence-corrected chi connectivity index (χ0v) is 15.3. The Labute approximate surface area is 158 Å². The smallest absolute Gasteiger partial charge is 0.224 e. The predicted molar refractivity (Wildman–Crippen MR) is 103 cm³/mol. The lowest BCUT2D eigenvalue weighted by Gasteiger charge is -2.25. The van der Waals surface area contributed by atoms with Gasteiger partial charge in [-0.05, 0) is 25.0 Å². The maximum atomic E-state index is 9.71. The molecule has 0 saturated carbocycles. The number of hydrogen-bond donors (Lipinski definition) is 1. The number of fused-ring (bicyclic) bond motifs is 1. The second-order valence-corrected chi connectivity index (χ2v) is 6.78. The Balaban J connectivity index is 1.85. The van der Waals surface area contributed by atoms with E-state index in [-0.39, 0.29) is 11.8 Å². The summed E-state index contributed by atoms with van der Waals surface area (Å²) in [5.41, 5.74) is 11.6. The van der Waals surface area contributed by atoms with Crippen molar-refractivity contribution in [3.05, 3.63) is 94.0 Å². The van der Waals surface area contributed by atoms with Crippen molar-refractivity contribution in [1.29, 1.82) is 5.26 Å². The van der Waals surface area contributed by atoms with Crippen LogP contribution in [-0.2, 0) is 6.54 Å². The lowest BCUT2D eigenvalue weighted by molar-refractivity contribution is 0.352. The second kappa shape index (κ2) is 6.65. The molecule has 0 unspecified atom stereocenters. The van der Waals surface area contributed by atoms with Gasteiger partial charge < -0.3 is 10.5 Å². The largest absolute Gasteiger partial charge is 0.422 e. The molecule has 1 aliphatic rings. The lowest BCUT2D eigenvalue weighted by atomic mass is 9.84. The van der Waals surface area contributed by atoms with Gasteiger partial charge in [0.1, 0.15) is 11.6 Å². The highest BCUT2D eigenvalue weighted by Gasteiger charge is 2.35. The molecule has 4 rings (SSSR count). The van der Waals surface area contributed by atoms with E-state index in [1.54, 1.807) is 0 Å². The molecule has 27 heavy (non-hydrogen) atoms. The summed E-state index contributed by atoms with van der Waals surface area (Å²) in [4.78, 5) is 0. The number of hydrogen-bond acceptors (Lipinski definition) is 4. The van der Waals surface area contributed by atoms with Crippen LogP contribution in [-0.4, -0.2) is 9.78 Å². The van der Waals surface area contributed by atoms with Gasteiger partial charge >= 0.3 is 0 Å². The highest BCUT2D eigenvalue weighted by Crippen LogP contribution is 2.43. The zero-order valence-electron chi connectivity index (χ0n) is 15.3. The Morgan fingerprint density at radius 3 is 2.48 bits per heavy atom. The number of benzene rings is 2. The predicted octanol–water partition coefficient (Wildman–Crippen LogP) is 3.77. The molecule has 1 aromatic heterocycles. The van der Waals surface area contributed by atoms with Gasteiger partial charge in [0.2, 0.25) is 11.8 Å². The first kappa shape index (κ1) is 16.9. The number of nitrogens with two attached hydrogens (primary N) is 1. The molecule has 0 spiro atoms. The Morgan fingerprint density at radius 1 is 1.11 bits per heavy atom. The topological polar surface area (TPSA) is 76.9 Å². The molecule has 0 amide bonds. The molecule has 2 heterocycles. The second-order valence-electron chi connectivity index (χ2n) is 6.78. The molecular weight excluding hydrogens is 336 g/mol. The molecule has 2 N–H and O–H groups in total. The fourth-order valence-corrected chi connectivity index (χ4v) is 3.54. The fourth-order valence-electron chi connectivity index (χ4n) is 3.54. The van der Waals surface area contributed by atoms with E-state index in [1.165, 1.54) is 0 Å². The normalized spacial score (nSPS) is 15.8. The minimum absolute atomic E-state index is 0.143. The third-order valence-electron chi connectivity index (χ3n) is 4.88. The van der Waals surface area contributed by atoms with Gasteiger partial charge in [-0.3, -0.25) is 0 Å². The molecule has 5 nitrogen and oxygen atoms in total. The van der Waals surface area contributed by atoms with Crippen LogP contribution in [0.4, 0.5) is 0 Å². The van der Waals surface area contributed by atoms with Gasteiger partial charge in [0.15, 0.2) is 0 Å². The molecule has 0 saturated heterocycles. The maximum Gasteiger partial charge on any atom is 0.224 e. The van der Waals surface area contributed by atoms with Gasteiger partial charge in [-0.15, -0.1) is 0 Å². The van der Waals surface area contributed by atoms with Crippen LogP contribution in [0.5, 0.6) is 5.88 Å². The number of aryl methyl sites for hydroxylation is 2. The van der Waals surface area contributed by atoms with Gasteiger partial charge in [-0.25, -0.2) is 4.68 Å². The van der Waals surface area contributed by atoms with E-state index in [2.05, 4.69) is 11.2 Å². The van der Waals surface area contributed by atoms with Crippen molar-refractivity contribution in [1.82, 2.24) is 9.78 Å². The van der Waals surface area contributed by atoms with Crippen LogP contribution in [0.2, 0.25) is 0 Å². The standard InChI is InChI=1S/C22H20N4O/c1-14-8-10-17(11-9-14)20-18(12-23)21(24)27-22-19(20)15(2)25-26(22)13-16-6-4-3-5-7-16/h3-11,20H,13,24H2,1-2H3/t20-/m1/s1. The molecule has 1 atom stereocenters. The molecule has 0 radical (unpaired) electrons. The first-order valence-electron chi connectivity index (χ1n) is 8.84. The molecule has 1 aliphatic heterocycles. The minimum atomic E-state index is -0.274. The van der Waals surface area contributed by atoms with E-state index in [4.69, 9.17) is 10.5 Å². The third-order valence-corrected chi connectivity index (χ3v) is 4.88. The van der Waals surface area contributed by atoms with Crippen LogP contribution in [0.15, 0.2) is 66.1 Å². The molecule has 5 heteroatoms. The maximum absolute atomic E-state index is 9.71. The van der Waals surface area contributed by atoms with E-state index >= 15 is 0 Å². The summed E-state index contributed by atoms with van der Waals surface area (Å²) in [6.07, 6.45) is 0. The third kappa shape index (κ3) is 2.96. The number of aromatic nitrogens is 2. The average Bonchev–Trinajstić information content (AvgIpc) is 2.97. The van der Waals surface area contributed by atoms with Crippen LogP contribution >= 0.6 is 0 Å². The van der Waals surface area contributed by atoms with Crippen molar-refractivity contribution >= 4 is 0 Å². The van der Waals surface area contributed by atoms with E-state index < -0.39 is 0 Å². The van der Waals surface area contributed by atoms with Crippen LogP contribution in [0.1, 0.15) is 33.9 Å². The number of nitrogens with zero attached hydrogens (tertiary/aromatic N) is 3. The SMILES string of the molecule is Cc1ccc([C@@H]2C(C#N)=C(N)Oc3c2c(C)nn3Cc2ccccc2)cc1. The Hall–Kier alpha value is -3.52. The summed E-state index contributed by atoms with van der Waals surface area (Å²) < 4.78 is 7.69. The van der Waals surface area contributed by atoms with Crippen molar-refractivity contribution in [2.75, 3.05) is 0 Å². The first-order chi connectivity index (χ1) is 13.1. The van der Waals surface area contributed by atoms with Crippen molar-refractivity contribution < 1.29 is 4.74 Å². The van der Waals surface area contributed by atoms with Gasteiger partial charge in [0.25, 0.3) is 0 Å². The van der Waals surface area contributed by atoms with Crippen molar-refractivity contribution in [2.45, 2.75) is 26.3 Å². The highest BCUT2D eigenvalue weighted by molar-refractivity contribution is 5.55. The lowest BCUT2D eigenvalue weighted by Crippen LogP contribution is -2.22. The highest BCUT2D eigenvalue weighted by atomic mass is 16.5. The van der Waals surface area contributed by atoms with Crippen LogP contribution < -0.4 is 10.5 Å². The molecule has 134 valence electrons. The van der Waals surface area contributed by atoms with Crippen molar-refractivity contribution in [3.8, 4) is 11.9 Å². The zero-order chi connectivity index (χ0) is 19.0. The summed E-state index contributed by atoms with van der Waals surface area (Å²) in [5, 5.41) is 14.4. The Morgan fingerprint density at radius 2 is 1.81 bits per heavy atom. The monoisotopic (exact) mass is 356 g/mol. The van der Waals surface area contributed by atoms with Crippen molar-refractivity contribution in [3.63, 3.8) is 0 Å². The van der Waals surface area contributed by atoms with E-state index in [0.717, 1.165) is 27.9 Å². The minimum Gasteiger partial charge on any atom is -0.422 e. The van der Waals surface area contributed by atoms with E-state index in [0.29, 0.717) is 18.0 Å². The van der Waals surface area contributed by atoms with Gasteiger partial charge in [-0.2, -0.15) is 10.4 Å². The number of rotatable bonds is 3. The van der Waals surface area contributed by atoms with Gasteiger partial charge in [0, 0.05) is 0 Å². The first-order valence-corrected chi connectivity index (χ1v) is 8.84. The quantitative estimate of drug-likeness (QED) is 0.775. The molecule has 0 aliphatic carbocycles. The van der Waals surface area contributed by atoms with Crippen LogP contribution in [0.25, 0.3) is 0 Å². The average molecular weight is 356 g/mol. The summed E-state index contributed by atoms with van der Waals surface area (Å²) >= 11 is 0. The van der Waals surface area contributed by atoms with Crippen LogP contribution in [0.3, 0.4) is 0 Å². The Kier molecular flexibility index (Phi) is 4.17. The summed E-state index contributed by atoms with van der Waals surface area (Å²) in [7, 11) is 0. The summed E-state index contributed by atoms with van der Waals surface area (Å²) in [5.74, 6) is 0.479. The number of ether oxygens (including phenoxy) is 1. The van der Waals surface area contributed by atoms with Gasteiger partial charge in [-0.1, -0.05) is 60.2 Å². The Bertz CT molecular complexity index is 1060. The molecule has 3 aromatic rings. The summed E-state index contributed by atoms with van der Waals surface area (Å²) in [6, 6.07) is 20.5.